The molecule has 0 saturated heterocycles. The Hall–Kier alpha value is -2.93. The predicted octanol–water partition coefficient (Wildman–Crippen LogP) is 3.59. The van der Waals surface area contributed by atoms with E-state index in [-0.39, 0.29) is 5.56 Å². The summed E-state index contributed by atoms with van der Waals surface area (Å²) in [6.45, 7) is 0.574. The topological polar surface area (TPSA) is 87.1 Å². The fourth-order valence-corrected chi connectivity index (χ4v) is 2.70. The zero-order chi connectivity index (χ0) is 16.1. The van der Waals surface area contributed by atoms with Gasteiger partial charge in [-0.1, -0.05) is 23.5 Å². The molecule has 3 rings (SSSR count). The third-order valence-electron chi connectivity index (χ3n) is 3.03. The lowest BCUT2D eigenvalue weighted by Gasteiger charge is -2.05. The molecule has 0 aliphatic heterocycles. The van der Waals surface area contributed by atoms with Crippen LogP contribution in [0.5, 0.6) is 0 Å². The van der Waals surface area contributed by atoms with Crippen LogP contribution < -0.4 is 10.6 Å². The normalized spacial score (nSPS) is 10.3. The minimum absolute atomic E-state index is 0.261. The van der Waals surface area contributed by atoms with Gasteiger partial charge in [-0.15, -0.1) is 0 Å². The van der Waals surface area contributed by atoms with E-state index in [2.05, 4.69) is 20.6 Å². The van der Waals surface area contributed by atoms with Crippen LogP contribution in [0.25, 0.3) is 0 Å². The molecule has 7 heteroatoms. The van der Waals surface area contributed by atoms with Crippen molar-refractivity contribution in [1.82, 2.24) is 9.97 Å². The van der Waals surface area contributed by atoms with Crippen LogP contribution in [0.2, 0.25) is 0 Å². The van der Waals surface area contributed by atoms with Crippen molar-refractivity contribution in [3.8, 4) is 0 Å². The molecule has 0 bridgehead atoms. The number of pyridine rings is 1. The summed E-state index contributed by atoms with van der Waals surface area (Å²) in [5.74, 6) is -0.191. The second-order valence-electron chi connectivity index (χ2n) is 4.71. The quantitative estimate of drug-likeness (QED) is 0.641. The molecular formula is C16H14N4O2S. The number of hydrogen-bond donors (Lipinski definition) is 3. The Bertz CT molecular complexity index is 805. The van der Waals surface area contributed by atoms with Crippen LogP contribution in [-0.4, -0.2) is 21.0 Å². The Morgan fingerprint density at radius 1 is 1.17 bits per heavy atom. The third-order valence-corrected chi connectivity index (χ3v) is 3.94. The van der Waals surface area contributed by atoms with Crippen molar-refractivity contribution in [2.75, 3.05) is 10.6 Å². The van der Waals surface area contributed by atoms with Crippen LogP contribution in [0.4, 0.5) is 16.6 Å². The maximum atomic E-state index is 11.0. The maximum Gasteiger partial charge on any atom is 0.335 e. The summed E-state index contributed by atoms with van der Waals surface area (Å²) in [4.78, 5) is 20.5. The number of nitrogens with zero attached hydrogens (tertiary/aromatic N) is 2. The number of nitrogens with one attached hydrogen (secondary N) is 2. The van der Waals surface area contributed by atoms with Crippen molar-refractivity contribution >= 4 is 33.9 Å². The van der Waals surface area contributed by atoms with E-state index in [1.54, 1.807) is 30.6 Å². The molecule has 0 saturated carbocycles. The first kappa shape index (κ1) is 15.0. The molecule has 116 valence electrons. The zero-order valence-corrected chi connectivity index (χ0v) is 12.9. The number of thiazole rings is 1. The highest BCUT2D eigenvalue weighted by atomic mass is 32.1. The van der Waals surface area contributed by atoms with Gasteiger partial charge < -0.3 is 15.7 Å². The first-order valence-electron chi connectivity index (χ1n) is 6.91. The average molecular weight is 326 g/mol. The smallest absolute Gasteiger partial charge is 0.335 e. The fourth-order valence-electron chi connectivity index (χ4n) is 1.94. The van der Waals surface area contributed by atoms with Gasteiger partial charge >= 0.3 is 5.97 Å². The highest BCUT2D eigenvalue weighted by Crippen LogP contribution is 2.22. The Morgan fingerprint density at radius 2 is 2.09 bits per heavy atom. The van der Waals surface area contributed by atoms with Crippen LogP contribution in [0.15, 0.2) is 54.9 Å². The summed E-state index contributed by atoms with van der Waals surface area (Å²) in [7, 11) is 0. The van der Waals surface area contributed by atoms with E-state index in [9.17, 15) is 4.79 Å². The SMILES string of the molecule is O=C(O)c1cccc(NCc2cnc(Nc3ccccn3)s2)c1. The molecular weight excluding hydrogens is 312 g/mol. The Labute approximate surface area is 136 Å². The molecule has 0 fully saturated rings. The summed E-state index contributed by atoms with van der Waals surface area (Å²) in [6, 6.07) is 12.4. The summed E-state index contributed by atoms with van der Waals surface area (Å²) < 4.78 is 0. The van der Waals surface area contributed by atoms with Crippen LogP contribution in [0, 0.1) is 0 Å². The highest BCUT2D eigenvalue weighted by molar-refractivity contribution is 7.15. The predicted molar refractivity (Wildman–Crippen MR) is 90.4 cm³/mol. The van der Waals surface area contributed by atoms with Gasteiger partial charge in [0, 0.05) is 23.0 Å². The van der Waals surface area contributed by atoms with Gasteiger partial charge in [0.15, 0.2) is 5.13 Å². The Balaban J connectivity index is 1.61. The Morgan fingerprint density at radius 3 is 2.87 bits per heavy atom. The van der Waals surface area contributed by atoms with Gasteiger partial charge in [0.25, 0.3) is 0 Å². The van der Waals surface area contributed by atoms with Crippen molar-refractivity contribution in [3.05, 3.63) is 65.3 Å². The minimum Gasteiger partial charge on any atom is -0.478 e. The first-order chi connectivity index (χ1) is 11.2. The molecule has 0 aliphatic carbocycles. The molecule has 0 atom stereocenters. The monoisotopic (exact) mass is 326 g/mol. The molecule has 0 radical (unpaired) electrons. The van der Waals surface area contributed by atoms with Gasteiger partial charge in [-0.2, -0.15) is 0 Å². The van der Waals surface area contributed by atoms with Crippen LogP contribution in [0.1, 0.15) is 15.2 Å². The Kier molecular flexibility index (Phi) is 4.49. The largest absolute Gasteiger partial charge is 0.478 e. The number of aromatic nitrogens is 2. The number of carboxylic acid groups (broad SMARTS) is 1. The van der Waals surface area contributed by atoms with Crippen molar-refractivity contribution < 1.29 is 9.90 Å². The summed E-state index contributed by atoms with van der Waals surface area (Å²) in [5.41, 5.74) is 1.02. The second-order valence-corrected chi connectivity index (χ2v) is 5.83. The van der Waals surface area contributed by atoms with Crippen LogP contribution >= 0.6 is 11.3 Å². The van der Waals surface area contributed by atoms with E-state index in [0.717, 1.165) is 21.5 Å². The van der Waals surface area contributed by atoms with E-state index in [0.29, 0.717) is 6.54 Å². The lowest BCUT2D eigenvalue weighted by atomic mass is 10.2. The highest BCUT2D eigenvalue weighted by Gasteiger charge is 2.05. The van der Waals surface area contributed by atoms with Crippen molar-refractivity contribution in [3.63, 3.8) is 0 Å². The number of carbonyl (C=O) groups is 1. The molecule has 0 unspecified atom stereocenters. The molecule has 1 aromatic carbocycles. The molecule has 2 aromatic heterocycles. The van der Waals surface area contributed by atoms with E-state index in [1.165, 1.54) is 11.3 Å². The van der Waals surface area contributed by atoms with Gasteiger partial charge in [0.2, 0.25) is 0 Å². The molecule has 23 heavy (non-hydrogen) atoms. The number of benzene rings is 1. The lowest BCUT2D eigenvalue weighted by molar-refractivity contribution is 0.0697. The number of rotatable bonds is 6. The molecule has 0 amide bonds. The van der Waals surface area contributed by atoms with E-state index >= 15 is 0 Å². The van der Waals surface area contributed by atoms with Gasteiger partial charge in [0.05, 0.1) is 12.1 Å². The summed E-state index contributed by atoms with van der Waals surface area (Å²) in [5, 5.41) is 16.1. The molecule has 0 aliphatic rings. The standard InChI is InChI=1S/C16H14N4O2S/c21-15(22)11-4-3-5-12(8-11)18-9-13-10-19-16(23-13)20-14-6-1-2-7-17-14/h1-8,10,18H,9H2,(H,21,22)(H,17,19,20). The van der Waals surface area contributed by atoms with Gasteiger partial charge in [-0.05, 0) is 30.3 Å². The lowest BCUT2D eigenvalue weighted by Crippen LogP contribution is -2.00. The molecule has 3 N–H and O–H groups in total. The van der Waals surface area contributed by atoms with Crippen LogP contribution in [0.3, 0.4) is 0 Å². The third kappa shape index (κ3) is 4.04. The number of anilines is 3. The van der Waals surface area contributed by atoms with Crippen LogP contribution in [-0.2, 0) is 6.54 Å². The van der Waals surface area contributed by atoms with Crippen molar-refractivity contribution in [2.24, 2.45) is 0 Å². The van der Waals surface area contributed by atoms with Gasteiger partial charge in [-0.3, -0.25) is 0 Å². The van der Waals surface area contributed by atoms with Crippen molar-refractivity contribution in [2.45, 2.75) is 6.54 Å². The maximum absolute atomic E-state index is 11.0. The minimum atomic E-state index is -0.937. The zero-order valence-electron chi connectivity index (χ0n) is 12.1. The fraction of sp³-hybridized carbons (Fsp3) is 0.0625. The molecule has 2 heterocycles. The number of carboxylic acids is 1. The van der Waals surface area contributed by atoms with Gasteiger partial charge in [0.1, 0.15) is 5.82 Å². The second kappa shape index (κ2) is 6.89. The average Bonchev–Trinajstić information content (AvgIpc) is 3.01. The molecule has 6 nitrogen and oxygen atoms in total. The first-order valence-corrected chi connectivity index (χ1v) is 7.72. The van der Waals surface area contributed by atoms with Gasteiger partial charge in [-0.25, -0.2) is 14.8 Å². The number of aromatic carboxylic acids is 1. The summed E-state index contributed by atoms with van der Waals surface area (Å²) >= 11 is 1.52. The van der Waals surface area contributed by atoms with E-state index < -0.39 is 5.97 Å². The molecule has 0 spiro atoms. The van der Waals surface area contributed by atoms with E-state index in [1.807, 2.05) is 24.3 Å². The number of hydrogen-bond acceptors (Lipinski definition) is 6. The van der Waals surface area contributed by atoms with Crippen molar-refractivity contribution in [1.29, 1.82) is 0 Å². The van der Waals surface area contributed by atoms with E-state index in [4.69, 9.17) is 5.11 Å². The molecule has 3 aromatic rings. The summed E-state index contributed by atoms with van der Waals surface area (Å²) in [6.07, 6.45) is 3.50.